The number of hydrogen-bond acceptors (Lipinski definition) is 2. The molecule has 0 fully saturated rings. The molecule has 2 aromatic carbocycles. The average Bonchev–Trinajstić information content (AvgIpc) is 2.43. The average molecular weight is 352 g/mol. The fourth-order valence-corrected chi connectivity index (χ4v) is 2.21. The second-order valence-corrected chi connectivity index (χ2v) is 6.17. The Hall–Kier alpha value is -1.39. The van der Waals surface area contributed by atoms with Crippen molar-refractivity contribution < 1.29 is 9.13 Å². The molecule has 0 saturated heterocycles. The van der Waals surface area contributed by atoms with Gasteiger partial charge in [-0.1, -0.05) is 26.0 Å². The molecule has 21 heavy (non-hydrogen) atoms. The van der Waals surface area contributed by atoms with Crippen molar-refractivity contribution in [3.8, 4) is 11.5 Å². The van der Waals surface area contributed by atoms with Crippen LogP contribution in [0.15, 0.2) is 40.9 Å². The van der Waals surface area contributed by atoms with Crippen molar-refractivity contribution in [1.82, 2.24) is 5.32 Å². The van der Waals surface area contributed by atoms with Gasteiger partial charge in [-0.05, 0) is 58.2 Å². The minimum Gasteiger partial charge on any atom is -0.457 e. The fraction of sp³-hybridized carbons (Fsp3) is 0.294. The molecule has 112 valence electrons. The molecule has 0 saturated carbocycles. The molecule has 0 aliphatic rings. The first-order chi connectivity index (χ1) is 9.95. The van der Waals surface area contributed by atoms with E-state index in [4.69, 9.17) is 4.74 Å². The zero-order chi connectivity index (χ0) is 15.4. The van der Waals surface area contributed by atoms with Crippen LogP contribution in [-0.4, -0.2) is 6.04 Å². The van der Waals surface area contributed by atoms with E-state index in [0.717, 1.165) is 23.4 Å². The smallest absolute Gasteiger partial charge is 0.137 e. The number of halogens is 2. The summed E-state index contributed by atoms with van der Waals surface area (Å²) in [6.45, 7) is 7.01. The maximum atomic E-state index is 13.2. The molecule has 0 atom stereocenters. The van der Waals surface area contributed by atoms with Gasteiger partial charge in [-0.2, -0.15) is 0 Å². The van der Waals surface area contributed by atoms with Crippen molar-refractivity contribution in [2.24, 2.45) is 0 Å². The molecule has 0 unspecified atom stereocenters. The first-order valence-electron chi connectivity index (χ1n) is 6.91. The van der Waals surface area contributed by atoms with Gasteiger partial charge in [-0.3, -0.25) is 0 Å². The van der Waals surface area contributed by atoms with Gasteiger partial charge in [0.2, 0.25) is 0 Å². The van der Waals surface area contributed by atoms with Gasteiger partial charge in [0.25, 0.3) is 0 Å². The second-order valence-electron chi connectivity index (χ2n) is 5.31. The Morgan fingerprint density at radius 1 is 1.19 bits per heavy atom. The largest absolute Gasteiger partial charge is 0.457 e. The van der Waals surface area contributed by atoms with Crippen LogP contribution < -0.4 is 10.1 Å². The Morgan fingerprint density at radius 3 is 2.62 bits per heavy atom. The summed E-state index contributed by atoms with van der Waals surface area (Å²) in [6, 6.07) is 11.2. The Kier molecular flexibility index (Phi) is 5.37. The third kappa shape index (κ3) is 4.55. The molecule has 0 aromatic heterocycles. The van der Waals surface area contributed by atoms with Crippen LogP contribution in [-0.2, 0) is 6.54 Å². The molecule has 2 rings (SSSR count). The number of benzene rings is 2. The van der Waals surface area contributed by atoms with Crippen molar-refractivity contribution in [2.45, 2.75) is 33.4 Å². The molecule has 0 amide bonds. The van der Waals surface area contributed by atoms with Crippen molar-refractivity contribution in [3.05, 3.63) is 57.8 Å². The standard InChI is InChI=1S/C17H19BrFNO/c1-11(2)20-10-13-5-4-12(3)17(8-13)21-14-6-7-16(19)15(18)9-14/h4-9,11,20H,10H2,1-3H3. The van der Waals surface area contributed by atoms with Gasteiger partial charge in [-0.15, -0.1) is 0 Å². The van der Waals surface area contributed by atoms with E-state index in [9.17, 15) is 4.39 Å². The lowest BCUT2D eigenvalue weighted by atomic mass is 10.1. The molecule has 4 heteroatoms. The number of rotatable bonds is 5. The monoisotopic (exact) mass is 351 g/mol. The third-order valence-electron chi connectivity index (χ3n) is 3.09. The fourth-order valence-electron chi connectivity index (χ4n) is 1.85. The lowest BCUT2D eigenvalue weighted by molar-refractivity contribution is 0.474. The molecule has 2 nitrogen and oxygen atoms in total. The third-order valence-corrected chi connectivity index (χ3v) is 3.69. The lowest BCUT2D eigenvalue weighted by Gasteiger charge is -2.13. The topological polar surface area (TPSA) is 21.3 Å². The van der Waals surface area contributed by atoms with Gasteiger partial charge >= 0.3 is 0 Å². The van der Waals surface area contributed by atoms with E-state index in [2.05, 4.69) is 41.2 Å². The Morgan fingerprint density at radius 2 is 1.95 bits per heavy atom. The van der Waals surface area contributed by atoms with E-state index in [1.54, 1.807) is 12.1 Å². The summed E-state index contributed by atoms with van der Waals surface area (Å²) in [5.74, 6) is 1.10. The first-order valence-corrected chi connectivity index (χ1v) is 7.71. The second kappa shape index (κ2) is 7.05. The van der Waals surface area contributed by atoms with E-state index < -0.39 is 0 Å². The molecule has 0 bridgehead atoms. The van der Waals surface area contributed by atoms with Gasteiger partial charge in [0.15, 0.2) is 0 Å². The van der Waals surface area contributed by atoms with Crippen LogP contribution in [0.25, 0.3) is 0 Å². The molecular weight excluding hydrogens is 333 g/mol. The van der Waals surface area contributed by atoms with Crippen LogP contribution in [0.2, 0.25) is 0 Å². The lowest BCUT2D eigenvalue weighted by Crippen LogP contribution is -2.21. The minimum atomic E-state index is -0.297. The molecule has 0 radical (unpaired) electrons. The quantitative estimate of drug-likeness (QED) is 0.800. The Labute approximate surface area is 133 Å². The summed E-state index contributed by atoms with van der Waals surface area (Å²) in [5.41, 5.74) is 2.20. The van der Waals surface area contributed by atoms with E-state index in [1.165, 1.54) is 6.07 Å². The van der Waals surface area contributed by atoms with Gasteiger partial charge in [-0.25, -0.2) is 4.39 Å². The summed E-state index contributed by atoms with van der Waals surface area (Å²) in [7, 11) is 0. The van der Waals surface area contributed by atoms with Crippen LogP contribution in [0, 0.1) is 12.7 Å². The van der Waals surface area contributed by atoms with E-state index >= 15 is 0 Å². The van der Waals surface area contributed by atoms with Crippen molar-refractivity contribution in [1.29, 1.82) is 0 Å². The number of hydrogen-bond donors (Lipinski definition) is 1. The highest BCUT2D eigenvalue weighted by Crippen LogP contribution is 2.29. The summed E-state index contributed by atoms with van der Waals surface area (Å²) in [5, 5.41) is 3.38. The summed E-state index contributed by atoms with van der Waals surface area (Å²) in [4.78, 5) is 0. The van der Waals surface area contributed by atoms with Crippen LogP contribution in [0.3, 0.4) is 0 Å². The SMILES string of the molecule is Cc1ccc(CNC(C)C)cc1Oc1ccc(F)c(Br)c1. The highest BCUT2D eigenvalue weighted by atomic mass is 79.9. The number of nitrogens with one attached hydrogen (secondary N) is 1. The zero-order valence-electron chi connectivity index (χ0n) is 12.4. The van der Waals surface area contributed by atoms with Gasteiger partial charge in [0.05, 0.1) is 4.47 Å². The van der Waals surface area contributed by atoms with Crippen molar-refractivity contribution in [3.63, 3.8) is 0 Å². The minimum absolute atomic E-state index is 0.297. The van der Waals surface area contributed by atoms with E-state index in [0.29, 0.717) is 16.3 Å². The Balaban J connectivity index is 2.18. The molecule has 1 N–H and O–H groups in total. The first kappa shape index (κ1) is 16.0. The van der Waals surface area contributed by atoms with Crippen molar-refractivity contribution in [2.75, 3.05) is 0 Å². The predicted octanol–water partition coefficient (Wildman–Crippen LogP) is 5.19. The maximum absolute atomic E-state index is 13.2. The van der Waals surface area contributed by atoms with E-state index in [1.807, 2.05) is 19.1 Å². The summed E-state index contributed by atoms with van der Waals surface area (Å²) < 4.78 is 19.5. The van der Waals surface area contributed by atoms with Crippen molar-refractivity contribution >= 4 is 15.9 Å². The summed E-state index contributed by atoms with van der Waals surface area (Å²) >= 11 is 3.17. The Bertz CT molecular complexity index is 628. The van der Waals surface area contributed by atoms with Crippen LogP contribution in [0.4, 0.5) is 4.39 Å². The molecule has 2 aromatic rings. The van der Waals surface area contributed by atoms with Gasteiger partial charge in [0.1, 0.15) is 17.3 Å². The number of aryl methyl sites for hydroxylation is 1. The molecular formula is C17H19BrFNO. The molecule has 0 heterocycles. The normalized spacial score (nSPS) is 11.0. The van der Waals surface area contributed by atoms with E-state index in [-0.39, 0.29) is 5.82 Å². The molecule has 0 spiro atoms. The van der Waals surface area contributed by atoms with Crippen LogP contribution in [0.1, 0.15) is 25.0 Å². The zero-order valence-corrected chi connectivity index (χ0v) is 14.0. The van der Waals surface area contributed by atoms with Gasteiger partial charge in [0, 0.05) is 12.6 Å². The molecule has 0 aliphatic heterocycles. The number of ether oxygens (including phenoxy) is 1. The predicted molar refractivity (Wildman–Crippen MR) is 87.3 cm³/mol. The van der Waals surface area contributed by atoms with Crippen LogP contribution >= 0.6 is 15.9 Å². The highest BCUT2D eigenvalue weighted by molar-refractivity contribution is 9.10. The highest BCUT2D eigenvalue weighted by Gasteiger charge is 2.06. The molecule has 0 aliphatic carbocycles. The summed E-state index contributed by atoms with van der Waals surface area (Å²) in [6.07, 6.45) is 0. The van der Waals surface area contributed by atoms with Crippen LogP contribution in [0.5, 0.6) is 11.5 Å². The maximum Gasteiger partial charge on any atom is 0.137 e. The van der Waals surface area contributed by atoms with Gasteiger partial charge < -0.3 is 10.1 Å².